The van der Waals surface area contributed by atoms with Gasteiger partial charge in [-0.05, 0) is 42.0 Å². The average Bonchev–Trinajstić information content (AvgIpc) is 2.59. The summed E-state index contributed by atoms with van der Waals surface area (Å²) in [6.45, 7) is 0.0803. The molecule has 1 unspecified atom stereocenters. The third kappa shape index (κ3) is 4.37. The smallest absolute Gasteiger partial charge is 0.251 e. The summed E-state index contributed by atoms with van der Waals surface area (Å²) in [5.74, 6) is 0.822. The lowest BCUT2D eigenvalue weighted by molar-refractivity contribution is 0.0916. The SMILES string of the molecule is COc1ccc(C(O)CNC(=O)c2ccc(Cl)cc2)cc1OC. The number of ether oxygens (including phenoxy) is 2. The lowest BCUT2D eigenvalue weighted by Crippen LogP contribution is -2.28. The fourth-order valence-electron chi connectivity index (χ4n) is 2.07. The highest BCUT2D eigenvalue weighted by atomic mass is 35.5. The number of nitrogens with one attached hydrogen (secondary N) is 1. The highest BCUT2D eigenvalue weighted by Crippen LogP contribution is 2.29. The van der Waals surface area contributed by atoms with Crippen LogP contribution in [0.25, 0.3) is 0 Å². The van der Waals surface area contributed by atoms with Gasteiger partial charge >= 0.3 is 0 Å². The largest absolute Gasteiger partial charge is 0.493 e. The molecule has 0 bridgehead atoms. The molecule has 0 aliphatic rings. The topological polar surface area (TPSA) is 67.8 Å². The summed E-state index contributed by atoms with van der Waals surface area (Å²) < 4.78 is 10.3. The van der Waals surface area contributed by atoms with Crippen LogP contribution in [0.3, 0.4) is 0 Å². The van der Waals surface area contributed by atoms with E-state index in [0.717, 1.165) is 0 Å². The first-order valence-electron chi connectivity index (χ1n) is 6.99. The fraction of sp³-hybridized carbons (Fsp3) is 0.235. The summed E-state index contributed by atoms with van der Waals surface area (Å²) in [7, 11) is 3.07. The molecule has 0 radical (unpaired) electrons. The van der Waals surface area contributed by atoms with E-state index >= 15 is 0 Å². The summed E-state index contributed by atoms with van der Waals surface area (Å²) in [6, 6.07) is 11.6. The van der Waals surface area contributed by atoms with Gasteiger partial charge in [0.15, 0.2) is 11.5 Å². The molecule has 122 valence electrons. The summed E-state index contributed by atoms with van der Waals surface area (Å²) in [4.78, 5) is 12.0. The normalized spacial score (nSPS) is 11.7. The van der Waals surface area contributed by atoms with Crippen molar-refractivity contribution in [2.75, 3.05) is 20.8 Å². The highest BCUT2D eigenvalue weighted by molar-refractivity contribution is 6.30. The van der Waals surface area contributed by atoms with E-state index in [1.807, 2.05) is 0 Å². The van der Waals surface area contributed by atoms with Crippen LogP contribution in [0, 0.1) is 0 Å². The van der Waals surface area contributed by atoms with Crippen molar-refractivity contribution in [1.82, 2.24) is 5.32 Å². The minimum Gasteiger partial charge on any atom is -0.493 e. The van der Waals surface area contributed by atoms with E-state index in [-0.39, 0.29) is 12.5 Å². The Morgan fingerprint density at radius 2 is 1.78 bits per heavy atom. The molecule has 5 nitrogen and oxygen atoms in total. The Morgan fingerprint density at radius 3 is 2.39 bits per heavy atom. The van der Waals surface area contributed by atoms with Gasteiger partial charge in [0.05, 0.1) is 20.3 Å². The van der Waals surface area contributed by atoms with Gasteiger partial charge in [0.1, 0.15) is 0 Å². The first-order valence-corrected chi connectivity index (χ1v) is 7.36. The van der Waals surface area contributed by atoms with Crippen LogP contribution in [0.2, 0.25) is 5.02 Å². The van der Waals surface area contributed by atoms with E-state index in [9.17, 15) is 9.90 Å². The molecule has 0 aliphatic heterocycles. The number of aliphatic hydroxyl groups is 1. The zero-order valence-electron chi connectivity index (χ0n) is 12.9. The Morgan fingerprint density at radius 1 is 1.13 bits per heavy atom. The third-order valence-electron chi connectivity index (χ3n) is 3.35. The Hall–Kier alpha value is -2.24. The van der Waals surface area contributed by atoms with Crippen LogP contribution in [0.4, 0.5) is 0 Å². The number of methoxy groups -OCH3 is 2. The van der Waals surface area contributed by atoms with Crippen LogP contribution in [-0.2, 0) is 0 Å². The molecule has 2 N–H and O–H groups in total. The van der Waals surface area contributed by atoms with Crippen molar-refractivity contribution in [2.45, 2.75) is 6.10 Å². The first kappa shape index (κ1) is 17.1. The summed E-state index contributed by atoms with van der Waals surface area (Å²) >= 11 is 5.78. The Kier molecular flexibility index (Phi) is 5.84. The molecule has 0 heterocycles. The molecule has 2 aromatic rings. The summed E-state index contributed by atoms with van der Waals surface area (Å²) in [5, 5.41) is 13.5. The van der Waals surface area contributed by atoms with Gasteiger partial charge in [0, 0.05) is 17.1 Å². The number of hydrogen-bond acceptors (Lipinski definition) is 4. The van der Waals surface area contributed by atoms with Gasteiger partial charge in [-0.15, -0.1) is 0 Å². The van der Waals surface area contributed by atoms with E-state index in [1.54, 1.807) is 49.6 Å². The van der Waals surface area contributed by atoms with Gasteiger partial charge in [-0.2, -0.15) is 0 Å². The van der Waals surface area contributed by atoms with Crippen molar-refractivity contribution in [3.63, 3.8) is 0 Å². The van der Waals surface area contributed by atoms with Gasteiger partial charge < -0.3 is 19.9 Å². The molecule has 0 aromatic heterocycles. The maximum Gasteiger partial charge on any atom is 0.251 e. The first-order chi connectivity index (χ1) is 11.0. The maximum absolute atomic E-state index is 12.0. The number of carbonyl (C=O) groups is 1. The van der Waals surface area contributed by atoms with Crippen LogP contribution in [-0.4, -0.2) is 31.8 Å². The van der Waals surface area contributed by atoms with Crippen molar-refractivity contribution < 1.29 is 19.4 Å². The average molecular weight is 336 g/mol. The second kappa shape index (κ2) is 7.85. The van der Waals surface area contributed by atoms with Gasteiger partial charge in [-0.3, -0.25) is 4.79 Å². The zero-order valence-corrected chi connectivity index (χ0v) is 13.6. The Bertz CT molecular complexity index is 673. The van der Waals surface area contributed by atoms with Crippen molar-refractivity contribution in [3.05, 3.63) is 58.6 Å². The quantitative estimate of drug-likeness (QED) is 0.851. The highest BCUT2D eigenvalue weighted by Gasteiger charge is 2.13. The number of amides is 1. The van der Waals surface area contributed by atoms with E-state index < -0.39 is 6.10 Å². The van der Waals surface area contributed by atoms with Gasteiger partial charge in [-0.25, -0.2) is 0 Å². The van der Waals surface area contributed by atoms with Crippen LogP contribution in [0.1, 0.15) is 22.0 Å². The molecular weight excluding hydrogens is 318 g/mol. The monoisotopic (exact) mass is 335 g/mol. The number of rotatable bonds is 6. The predicted molar refractivity (Wildman–Crippen MR) is 88.3 cm³/mol. The van der Waals surface area contributed by atoms with Gasteiger partial charge in [0.2, 0.25) is 0 Å². The molecule has 0 saturated heterocycles. The zero-order chi connectivity index (χ0) is 16.8. The van der Waals surface area contributed by atoms with Crippen molar-refractivity contribution in [2.24, 2.45) is 0 Å². The molecule has 0 saturated carbocycles. The summed E-state index contributed by atoms with van der Waals surface area (Å²) in [5.41, 5.74) is 1.10. The summed E-state index contributed by atoms with van der Waals surface area (Å²) in [6.07, 6.45) is -0.856. The molecule has 2 aromatic carbocycles. The van der Waals surface area contributed by atoms with E-state index in [2.05, 4.69) is 5.32 Å². The number of aliphatic hydroxyl groups excluding tert-OH is 1. The molecule has 1 atom stereocenters. The molecule has 0 spiro atoms. The molecule has 1 amide bonds. The van der Waals surface area contributed by atoms with Crippen LogP contribution in [0.15, 0.2) is 42.5 Å². The van der Waals surface area contributed by atoms with Gasteiger partial charge in [0.25, 0.3) is 5.91 Å². The predicted octanol–water partition coefficient (Wildman–Crippen LogP) is 2.82. The molecule has 23 heavy (non-hydrogen) atoms. The third-order valence-corrected chi connectivity index (χ3v) is 3.61. The minimum atomic E-state index is -0.856. The van der Waals surface area contributed by atoms with E-state index in [1.165, 1.54) is 7.11 Å². The standard InChI is InChI=1S/C17H18ClNO4/c1-22-15-8-5-12(9-16(15)23-2)14(20)10-19-17(21)11-3-6-13(18)7-4-11/h3-9,14,20H,10H2,1-2H3,(H,19,21). The van der Waals surface area contributed by atoms with Crippen molar-refractivity contribution in [3.8, 4) is 11.5 Å². The second-order valence-electron chi connectivity index (χ2n) is 4.85. The Labute approximate surface area is 139 Å². The molecule has 0 aliphatic carbocycles. The van der Waals surface area contributed by atoms with Crippen molar-refractivity contribution in [1.29, 1.82) is 0 Å². The van der Waals surface area contributed by atoms with Crippen LogP contribution < -0.4 is 14.8 Å². The number of carbonyl (C=O) groups excluding carboxylic acids is 1. The van der Waals surface area contributed by atoms with Gasteiger partial charge in [-0.1, -0.05) is 17.7 Å². The molecular formula is C17H18ClNO4. The van der Waals surface area contributed by atoms with Crippen LogP contribution >= 0.6 is 11.6 Å². The Balaban J connectivity index is 2.00. The molecule has 0 fully saturated rings. The molecule has 6 heteroatoms. The lowest BCUT2D eigenvalue weighted by atomic mass is 10.1. The number of benzene rings is 2. The van der Waals surface area contributed by atoms with E-state index in [0.29, 0.717) is 27.6 Å². The fourth-order valence-corrected chi connectivity index (χ4v) is 2.20. The number of halogens is 1. The molecule has 2 rings (SSSR count). The lowest BCUT2D eigenvalue weighted by Gasteiger charge is -2.15. The second-order valence-corrected chi connectivity index (χ2v) is 5.28. The van der Waals surface area contributed by atoms with Crippen LogP contribution in [0.5, 0.6) is 11.5 Å². The number of hydrogen-bond donors (Lipinski definition) is 2. The van der Waals surface area contributed by atoms with Crippen molar-refractivity contribution >= 4 is 17.5 Å². The maximum atomic E-state index is 12.0. The minimum absolute atomic E-state index is 0.0803. The van der Waals surface area contributed by atoms with E-state index in [4.69, 9.17) is 21.1 Å².